The fourth-order valence-corrected chi connectivity index (χ4v) is 4.64. The minimum atomic E-state index is 0.690. The lowest BCUT2D eigenvalue weighted by Gasteiger charge is -2.37. The Hall–Kier alpha value is -1.59. The number of hydrogen-bond acceptors (Lipinski definition) is 5. The van der Waals surface area contributed by atoms with E-state index < -0.39 is 0 Å². The highest BCUT2D eigenvalue weighted by atomic mass is 32.2. The average Bonchev–Trinajstić information content (AvgIpc) is 2.71. The van der Waals surface area contributed by atoms with Crippen LogP contribution in [-0.2, 0) is 0 Å². The number of hydrogen-bond donors (Lipinski definition) is 0. The van der Waals surface area contributed by atoms with Gasteiger partial charge in [0.2, 0.25) is 0 Å². The van der Waals surface area contributed by atoms with Gasteiger partial charge < -0.3 is 4.90 Å². The molecule has 4 heterocycles. The molecule has 2 aromatic heterocycles. The summed E-state index contributed by atoms with van der Waals surface area (Å²) in [6.45, 7) is 2.27. The first-order chi connectivity index (χ1) is 11.8. The molecule has 126 valence electrons. The third-order valence-corrected chi connectivity index (χ3v) is 6.26. The summed E-state index contributed by atoms with van der Waals surface area (Å²) in [6.07, 6.45) is 11.0. The molecule has 0 N–H and O–H groups in total. The number of aromatic nitrogens is 2. The first-order valence-corrected chi connectivity index (χ1v) is 9.62. The number of nitrogens with zero attached hydrogens (tertiary/aromatic N) is 4. The lowest BCUT2D eigenvalue weighted by atomic mass is 9.96. The van der Waals surface area contributed by atoms with Crippen molar-refractivity contribution in [2.24, 2.45) is 0 Å². The van der Waals surface area contributed by atoms with Crippen molar-refractivity contribution in [2.45, 2.75) is 47.7 Å². The van der Waals surface area contributed by atoms with E-state index in [1.807, 2.05) is 18.5 Å². The van der Waals surface area contributed by atoms with Crippen molar-refractivity contribution in [1.82, 2.24) is 14.9 Å². The van der Waals surface area contributed by atoms with Crippen LogP contribution in [0, 0.1) is 0 Å². The molecular weight excluding hydrogens is 316 g/mol. The van der Waals surface area contributed by atoms with Crippen LogP contribution in [0.1, 0.15) is 25.7 Å². The van der Waals surface area contributed by atoms with Crippen LogP contribution in [0.25, 0.3) is 0 Å². The first kappa shape index (κ1) is 15.9. The highest BCUT2D eigenvalue weighted by molar-refractivity contribution is 7.99. The monoisotopic (exact) mass is 340 g/mol. The lowest BCUT2D eigenvalue weighted by molar-refractivity contribution is 0.127. The number of piperidine rings is 1. The van der Waals surface area contributed by atoms with Crippen LogP contribution >= 0.6 is 11.8 Å². The Bertz CT molecular complexity index is 661. The van der Waals surface area contributed by atoms with Crippen molar-refractivity contribution in [2.75, 3.05) is 25.0 Å². The molecule has 4 nitrogen and oxygen atoms in total. The second kappa shape index (κ2) is 7.11. The van der Waals surface area contributed by atoms with Gasteiger partial charge in [0.15, 0.2) is 0 Å². The van der Waals surface area contributed by atoms with E-state index in [1.165, 1.54) is 31.4 Å². The van der Waals surface area contributed by atoms with Gasteiger partial charge in [0.25, 0.3) is 0 Å². The molecule has 0 saturated carbocycles. The molecule has 2 fully saturated rings. The second-order valence-corrected chi connectivity index (χ2v) is 7.88. The molecule has 0 amide bonds. The summed E-state index contributed by atoms with van der Waals surface area (Å²) in [5.41, 5.74) is 1.26. The molecule has 0 aromatic carbocycles. The van der Waals surface area contributed by atoms with E-state index in [9.17, 15) is 0 Å². The molecule has 2 aromatic rings. The van der Waals surface area contributed by atoms with Crippen LogP contribution in [-0.4, -0.2) is 47.1 Å². The Balaban J connectivity index is 1.46. The number of fused-ring (bicyclic) bond motifs is 2. The average molecular weight is 340 g/mol. The van der Waals surface area contributed by atoms with Gasteiger partial charge in [-0.3, -0.25) is 9.88 Å². The quantitative estimate of drug-likeness (QED) is 0.851. The molecule has 2 unspecified atom stereocenters. The molecule has 0 aliphatic carbocycles. The zero-order chi connectivity index (χ0) is 16.4. The topological polar surface area (TPSA) is 32.3 Å². The Labute approximate surface area is 148 Å². The number of likely N-dealkylation sites (N-methyl/N-ethyl adjacent to an activating group) is 1. The Morgan fingerprint density at radius 1 is 1.08 bits per heavy atom. The zero-order valence-corrected chi connectivity index (χ0v) is 15.0. The van der Waals surface area contributed by atoms with Crippen LogP contribution in [0.2, 0.25) is 0 Å². The summed E-state index contributed by atoms with van der Waals surface area (Å²) in [7, 11) is 2.31. The van der Waals surface area contributed by atoms with Crippen molar-refractivity contribution in [3.63, 3.8) is 0 Å². The number of pyridine rings is 2. The molecule has 4 rings (SSSR count). The molecule has 2 bridgehead atoms. The molecule has 2 aliphatic heterocycles. The highest BCUT2D eigenvalue weighted by Gasteiger charge is 2.32. The van der Waals surface area contributed by atoms with Crippen molar-refractivity contribution in [1.29, 1.82) is 0 Å². The maximum atomic E-state index is 4.66. The van der Waals surface area contributed by atoms with Gasteiger partial charge in [-0.05, 0) is 50.6 Å². The van der Waals surface area contributed by atoms with Crippen LogP contribution in [0.3, 0.4) is 0 Å². The van der Waals surface area contributed by atoms with Crippen molar-refractivity contribution in [3.05, 3.63) is 42.9 Å². The van der Waals surface area contributed by atoms with E-state index in [1.54, 1.807) is 18.0 Å². The van der Waals surface area contributed by atoms with E-state index in [0.717, 1.165) is 29.1 Å². The maximum Gasteiger partial charge on any atom is 0.101 e. The Morgan fingerprint density at radius 2 is 2.00 bits per heavy atom. The standard InChI is InChI=1S/C19H24N4S/c1-22-15-4-2-5-17(22)14-23(11-9-15)16-7-8-19(21-12-16)24-18-6-3-10-20-13-18/h3,6-8,10,12-13,15,17H,2,4-5,9,11,14H2,1H3. The maximum absolute atomic E-state index is 4.66. The van der Waals surface area contributed by atoms with E-state index >= 15 is 0 Å². The largest absolute Gasteiger partial charge is 0.369 e. The molecule has 24 heavy (non-hydrogen) atoms. The van der Waals surface area contributed by atoms with Gasteiger partial charge in [-0.25, -0.2) is 4.98 Å². The predicted octanol–water partition coefficient (Wildman–Crippen LogP) is 3.69. The van der Waals surface area contributed by atoms with Crippen LogP contribution < -0.4 is 4.90 Å². The SMILES string of the molecule is CN1C2CCCC1CN(c1ccc(Sc3cccnc3)nc1)CC2. The molecular formula is C19H24N4S. The zero-order valence-electron chi connectivity index (χ0n) is 14.1. The van der Waals surface area contributed by atoms with E-state index in [-0.39, 0.29) is 0 Å². The van der Waals surface area contributed by atoms with Gasteiger partial charge in [0, 0.05) is 42.5 Å². The van der Waals surface area contributed by atoms with Gasteiger partial charge in [-0.2, -0.15) is 0 Å². The summed E-state index contributed by atoms with van der Waals surface area (Å²) in [4.78, 5) is 15.1. The van der Waals surface area contributed by atoms with Gasteiger partial charge in [-0.1, -0.05) is 18.2 Å². The Morgan fingerprint density at radius 3 is 2.79 bits per heavy atom. The molecule has 0 spiro atoms. The Kier molecular flexibility index (Phi) is 4.72. The van der Waals surface area contributed by atoms with E-state index in [0.29, 0.717) is 6.04 Å². The lowest BCUT2D eigenvalue weighted by Crippen LogP contribution is -2.45. The molecule has 0 radical (unpaired) electrons. The summed E-state index contributed by atoms with van der Waals surface area (Å²) in [6, 6.07) is 9.84. The second-order valence-electron chi connectivity index (χ2n) is 6.78. The third kappa shape index (κ3) is 3.42. The minimum absolute atomic E-state index is 0.690. The third-order valence-electron chi connectivity index (χ3n) is 5.33. The van der Waals surface area contributed by atoms with Crippen LogP contribution in [0.5, 0.6) is 0 Å². The smallest absolute Gasteiger partial charge is 0.101 e. The van der Waals surface area contributed by atoms with Crippen molar-refractivity contribution in [3.8, 4) is 0 Å². The minimum Gasteiger partial charge on any atom is -0.369 e. The first-order valence-electron chi connectivity index (χ1n) is 8.80. The molecule has 2 saturated heterocycles. The molecule has 2 aliphatic rings. The van der Waals surface area contributed by atoms with Gasteiger partial charge in [-0.15, -0.1) is 0 Å². The van der Waals surface area contributed by atoms with Crippen molar-refractivity contribution >= 4 is 17.4 Å². The highest BCUT2D eigenvalue weighted by Crippen LogP contribution is 2.30. The number of anilines is 1. The fourth-order valence-electron chi connectivity index (χ4n) is 3.90. The van der Waals surface area contributed by atoms with Crippen LogP contribution in [0.4, 0.5) is 5.69 Å². The van der Waals surface area contributed by atoms with Gasteiger partial charge in [0.1, 0.15) is 5.03 Å². The summed E-state index contributed by atoms with van der Waals surface area (Å²) in [5, 5.41) is 1.03. The van der Waals surface area contributed by atoms with Gasteiger partial charge in [0.05, 0.1) is 11.9 Å². The normalized spacial score (nSPS) is 24.6. The molecule has 5 heteroatoms. The predicted molar refractivity (Wildman–Crippen MR) is 98.6 cm³/mol. The summed E-state index contributed by atoms with van der Waals surface area (Å²) in [5.74, 6) is 0. The van der Waals surface area contributed by atoms with E-state index in [4.69, 9.17) is 0 Å². The van der Waals surface area contributed by atoms with Gasteiger partial charge >= 0.3 is 0 Å². The van der Waals surface area contributed by atoms with Crippen molar-refractivity contribution < 1.29 is 0 Å². The molecule has 2 atom stereocenters. The summed E-state index contributed by atoms with van der Waals surface area (Å²) < 4.78 is 0. The van der Waals surface area contributed by atoms with Crippen LogP contribution in [0.15, 0.2) is 52.8 Å². The fraction of sp³-hybridized carbons (Fsp3) is 0.474. The summed E-state index contributed by atoms with van der Waals surface area (Å²) >= 11 is 1.66. The van der Waals surface area contributed by atoms with E-state index in [2.05, 4.69) is 45.0 Å². The number of rotatable bonds is 3.